The summed E-state index contributed by atoms with van der Waals surface area (Å²) in [7, 11) is 0. The van der Waals surface area contributed by atoms with Crippen LogP contribution in [0.25, 0.3) is 0 Å². The van der Waals surface area contributed by atoms with Crippen molar-refractivity contribution in [2.75, 3.05) is 32.7 Å². The minimum atomic E-state index is -0.693. The summed E-state index contributed by atoms with van der Waals surface area (Å²) in [6.07, 6.45) is 0.392. The highest BCUT2D eigenvalue weighted by Crippen LogP contribution is 2.23. The molecule has 1 saturated heterocycles. The van der Waals surface area contributed by atoms with Gasteiger partial charge in [-0.2, -0.15) is 0 Å². The summed E-state index contributed by atoms with van der Waals surface area (Å²) in [4.78, 5) is 41.2. The van der Waals surface area contributed by atoms with Crippen LogP contribution in [0.15, 0.2) is 42.5 Å². The second-order valence-electron chi connectivity index (χ2n) is 8.92. The molecule has 0 radical (unpaired) electrons. The number of phenolic OH excluding ortho intramolecular Hbond substituents is 1. The van der Waals surface area contributed by atoms with Crippen molar-refractivity contribution in [2.45, 2.75) is 39.2 Å². The minimum absolute atomic E-state index is 0.0632. The molecule has 1 heterocycles. The van der Waals surface area contributed by atoms with Crippen molar-refractivity contribution in [1.82, 2.24) is 15.1 Å². The fourth-order valence-corrected chi connectivity index (χ4v) is 4.48. The number of aromatic hydroxyl groups is 1. The van der Waals surface area contributed by atoms with Gasteiger partial charge in [-0.25, -0.2) is 0 Å². The summed E-state index contributed by atoms with van der Waals surface area (Å²) >= 11 is 0. The van der Waals surface area contributed by atoms with E-state index in [0.717, 1.165) is 22.3 Å². The molecule has 2 unspecified atom stereocenters. The molecular formula is C26H34N4O4. The van der Waals surface area contributed by atoms with Crippen LogP contribution in [0.5, 0.6) is 5.75 Å². The van der Waals surface area contributed by atoms with Crippen LogP contribution in [-0.4, -0.2) is 71.4 Å². The van der Waals surface area contributed by atoms with Crippen molar-refractivity contribution in [3.63, 3.8) is 0 Å². The van der Waals surface area contributed by atoms with Crippen molar-refractivity contribution in [3.05, 3.63) is 64.7 Å². The lowest BCUT2D eigenvalue weighted by atomic mass is 9.95. The highest BCUT2D eigenvalue weighted by molar-refractivity contribution is 5.86. The van der Waals surface area contributed by atoms with Crippen LogP contribution in [-0.2, 0) is 20.8 Å². The van der Waals surface area contributed by atoms with Gasteiger partial charge in [-0.1, -0.05) is 30.3 Å². The molecule has 0 aliphatic carbocycles. The molecule has 3 amide bonds. The van der Waals surface area contributed by atoms with E-state index in [-0.39, 0.29) is 30.0 Å². The van der Waals surface area contributed by atoms with Gasteiger partial charge in [0.15, 0.2) is 0 Å². The number of phenols is 1. The third-order valence-corrected chi connectivity index (χ3v) is 6.38. The predicted octanol–water partition coefficient (Wildman–Crippen LogP) is 1.47. The number of benzene rings is 2. The average molecular weight is 467 g/mol. The number of amides is 3. The third kappa shape index (κ3) is 6.14. The lowest BCUT2D eigenvalue weighted by Crippen LogP contribution is -2.55. The first-order valence-corrected chi connectivity index (χ1v) is 11.6. The summed E-state index contributed by atoms with van der Waals surface area (Å²) in [5.74, 6) is -0.664. The molecule has 1 aliphatic rings. The van der Waals surface area contributed by atoms with E-state index in [1.54, 1.807) is 21.9 Å². The monoisotopic (exact) mass is 466 g/mol. The van der Waals surface area contributed by atoms with Crippen LogP contribution in [0.1, 0.15) is 35.1 Å². The molecule has 2 atom stereocenters. The molecule has 0 aromatic heterocycles. The number of nitrogens with zero attached hydrogens (tertiary/aromatic N) is 2. The van der Waals surface area contributed by atoms with Crippen LogP contribution in [0.4, 0.5) is 0 Å². The summed E-state index contributed by atoms with van der Waals surface area (Å²) in [6.45, 7) is 7.10. The molecule has 4 N–H and O–H groups in total. The van der Waals surface area contributed by atoms with Crippen molar-refractivity contribution in [2.24, 2.45) is 5.73 Å². The van der Waals surface area contributed by atoms with E-state index in [4.69, 9.17) is 5.73 Å². The van der Waals surface area contributed by atoms with E-state index < -0.39 is 12.0 Å². The molecular weight excluding hydrogens is 432 g/mol. The van der Waals surface area contributed by atoms with E-state index in [1.165, 1.54) is 6.92 Å². The van der Waals surface area contributed by atoms with Crippen LogP contribution in [0.3, 0.4) is 0 Å². The number of nitrogens with two attached hydrogens (primary N) is 1. The lowest BCUT2D eigenvalue weighted by Gasteiger charge is -2.37. The minimum Gasteiger partial charge on any atom is -0.508 e. The van der Waals surface area contributed by atoms with Gasteiger partial charge < -0.3 is 26.0 Å². The second kappa shape index (κ2) is 11.2. The fraction of sp³-hybridized carbons (Fsp3) is 0.423. The topological polar surface area (TPSA) is 116 Å². The maximum Gasteiger partial charge on any atom is 0.239 e. The highest BCUT2D eigenvalue weighted by Gasteiger charge is 2.31. The lowest BCUT2D eigenvalue weighted by molar-refractivity contribution is -0.141. The van der Waals surface area contributed by atoms with E-state index >= 15 is 0 Å². The summed E-state index contributed by atoms with van der Waals surface area (Å²) in [5, 5.41) is 12.5. The van der Waals surface area contributed by atoms with E-state index in [9.17, 15) is 19.5 Å². The molecule has 34 heavy (non-hydrogen) atoms. The van der Waals surface area contributed by atoms with Crippen LogP contribution < -0.4 is 11.1 Å². The number of aryl methyl sites for hydroxylation is 2. The zero-order valence-corrected chi connectivity index (χ0v) is 20.1. The van der Waals surface area contributed by atoms with Gasteiger partial charge in [0.1, 0.15) is 5.75 Å². The number of hydrogen-bond acceptors (Lipinski definition) is 5. The molecule has 0 saturated carbocycles. The Hall–Kier alpha value is -3.39. The van der Waals surface area contributed by atoms with Crippen molar-refractivity contribution in [1.29, 1.82) is 0 Å². The molecule has 1 fully saturated rings. The van der Waals surface area contributed by atoms with Crippen molar-refractivity contribution >= 4 is 17.7 Å². The van der Waals surface area contributed by atoms with Gasteiger partial charge in [0.05, 0.1) is 12.0 Å². The van der Waals surface area contributed by atoms with Gasteiger partial charge >= 0.3 is 0 Å². The highest BCUT2D eigenvalue weighted by atomic mass is 16.3. The Bertz CT molecular complexity index is 1010. The Labute approximate surface area is 200 Å². The molecule has 0 spiro atoms. The number of hydrogen-bond donors (Lipinski definition) is 3. The number of piperazine rings is 1. The summed E-state index contributed by atoms with van der Waals surface area (Å²) < 4.78 is 0. The molecule has 182 valence electrons. The Morgan fingerprint density at radius 1 is 0.971 bits per heavy atom. The van der Waals surface area contributed by atoms with E-state index in [2.05, 4.69) is 5.32 Å². The maximum absolute atomic E-state index is 13.3. The van der Waals surface area contributed by atoms with Crippen molar-refractivity contribution in [3.8, 4) is 5.75 Å². The Morgan fingerprint density at radius 2 is 1.50 bits per heavy atom. The summed E-state index contributed by atoms with van der Waals surface area (Å²) in [5.41, 5.74) is 9.90. The normalized spacial score (nSPS) is 15.5. The molecule has 8 nitrogen and oxygen atoms in total. The molecule has 2 aromatic carbocycles. The Kier molecular flexibility index (Phi) is 8.28. The summed E-state index contributed by atoms with van der Waals surface area (Å²) in [6, 6.07) is 12.1. The zero-order valence-electron chi connectivity index (χ0n) is 20.1. The van der Waals surface area contributed by atoms with Crippen LogP contribution >= 0.6 is 0 Å². The van der Waals surface area contributed by atoms with Gasteiger partial charge in [0, 0.05) is 39.6 Å². The first-order valence-electron chi connectivity index (χ1n) is 11.6. The average Bonchev–Trinajstić information content (AvgIpc) is 2.81. The molecule has 2 aromatic rings. The van der Waals surface area contributed by atoms with Crippen LogP contribution in [0, 0.1) is 13.8 Å². The van der Waals surface area contributed by atoms with Crippen molar-refractivity contribution < 1.29 is 19.5 Å². The SMILES string of the molecule is CC(=O)NCC(C(=O)N1CCN(C(=O)C(N)Cc2c(C)cc(O)cc2C)CC1)c1ccccc1. The smallest absolute Gasteiger partial charge is 0.239 e. The molecule has 0 bridgehead atoms. The molecule has 3 rings (SSSR count). The van der Waals surface area contributed by atoms with Crippen LogP contribution in [0.2, 0.25) is 0 Å². The maximum atomic E-state index is 13.3. The zero-order chi connectivity index (χ0) is 24.8. The quantitative estimate of drug-likeness (QED) is 0.572. The molecule has 8 heteroatoms. The second-order valence-corrected chi connectivity index (χ2v) is 8.92. The third-order valence-electron chi connectivity index (χ3n) is 6.38. The standard InChI is InChI=1S/C26H34N4O4/c1-17-13-21(32)14-18(2)22(17)15-24(27)26(34)30-11-9-29(10-12-30)25(33)23(16-28-19(3)31)20-7-5-4-6-8-20/h4-8,13-14,23-24,32H,9-12,15-16,27H2,1-3H3,(H,28,31). The van der Waals surface area contributed by atoms with E-state index in [1.807, 2.05) is 44.2 Å². The first kappa shape index (κ1) is 25.2. The Morgan fingerprint density at radius 3 is 2.03 bits per heavy atom. The first-order chi connectivity index (χ1) is 16.2. The number of nitrogens with one attached hydrogen (secondary N) is 1. The largest absolute Gasteiger partial charge is 0.508 e. The van der Waals surface area contributed by atoms with E-state index in [0.29, 0.717) is 32.6 Å². The molecule has 1 aliphatic heterocycles. The fourth-order valence-electron chi connectivity index (χ4n) is 4.48. The van der Waals surface area contributed by atoms with Gasteiger partial charge in [0.2, 0.25) is 17.7 Å². The van der Waals surface area contributed by atoms with Gasteiger partial charge in [-0.15, -0.1) is 0 Å². The van der Waals surface area contributed by atoms with Gasteiger partial charge in [-0.3, -0.25) is 14.4 Å². The van der Waals surface area contributed by atoms with Gasteiger partial charge in [0.25, 0.3) is 0 Å². The number of carbonyl (C=O) groups is 3. The van der Waals surface area contributed by atoms with Gasteiger partial charge in [-0.05, 0) is 54.7 Å². The Balaban J connectivity index is 1.61. The number of carbonyl (C=O) groups excluding carboxylic acids is 3. The predicted molar refractivity (Wildman–Crippen MR) is 130 cm³/mol. The number of rotatable bonds is 7.